The highest BCUT2D eigenvalue weighted by atomic mass is 32.2. The van der Waals surface area contributed by atoms with Gasteiger partial charge in [-0.1, -0.05) is 12.2 Å². The fourth-order valence-electron chi connectivity index (χ4n) is 1.76. The molecule has 0 aliphatic carbocycles. The average molecular weight is 269 g/mol. The Kier molecular flexibility index (Phi) is 5.21. The molecule has 17 heavy (non-hydrogen) atoms. The molecular formula is C12H19N3S2. The maximum absolute atomic E-state index is 5.79. The van der Waals surface area contributed by atoms with Crippen LogP contribution < -0.4 is 10.6 Å². The van der Waals surface area contributed by atoms with Gasteiger partial charge < -0.3 is 10.6 Å². The smallest absolute Gasteiger partial charge is 0.107 e. The number of nitrogens with two attached hydrogens (primary N) is 1. The van der Waals surface area contributed by atoms with Crippen LogP contribution in [0.5, 0.6) is 0 Å². The van der Waals surface area contributed by atoms with Crippen LogP contribution in [0.3, 0.4) is 0 Å². The van der Waals surface area contributed by atoms with E-state index in [4.69, 9.17) is 18.0 Å². The summed E-state index contributed by atoms with van der Waals surface area (Å²) in [5.74, 6) is 1.08. The van der Waals surface area contributed by atoms with E-state index in [1.807, 2.05) is 31.7 Å². The highest BCUT2D eigenvalue weighted by molar-refractivity contribution is 7.98. The summed E-state index contributed by atoms with van der Waals surface area (Å²) < 4.78 is 0. The standard InChI is InChI=1S/C12H19N3S2/c1-8-7-10(15(3)5-6-17-4)11(12(13)16)9(2)14-8/h7H,5-6H2,1-4H3,(H2,13,16). The van der Waals surface area contributed by atoms with Crippen molar-refractivity contribution in [1.82, 2.24) is 4.98 Å². The number of aromatic nitrogens is 1. The first-order valence-corrected chi connectivity index (χ1v) is 7.25. The van der Waals surface area contributed by atoms with Crippen LogP contribution in [0.15, 0.2) is 6.07 Å². The van der Waals surface area contributed by atoms with Gasteiger partial charge in [-0.2, -0.15) is 11.8 Å². The van der Waals surface area contributed by atoms with E-state index >= 15 is 0 Å². The molecule has 1 aromatic rings. The van der Waals surface area contributed by atoms with E-state index in [1.165, 1.54) is 0 Å². The van der Waals surface area contributed by atoms with Crippen LogP contribution in [-0.2, 0) is 0 Å². The van der Waals surface area contributed by atoms with Gasteiger partial charge >= 0.3 is 0 Å². The monoisotopic (exact) mass is 269 g/mol. The van der Waals surface area contributed by atoms with Crippen molar-refractivity contribution in [1.29, 1.82) is 0 Å². The molecule has 0 atom stereocenters. The predicted octanol–water partition coefficient (Wildman–Crippen LogP) is 2.13. The Hall–Kier alpha value is -0.810. The second kappa shape index (κ2) is 6.21. The zero-order valence-corrected chi connectivity index (χ0v) is 12.4. The zero-order chi connectivity index (χ0) is 13.0. The lowest BCUT2D eigenvalue weighted by atomic mass is 10.1. The highest BCUT2D eigenvalue weighted by Crippen LogP contribution is 2.23. The second-order valence-corrected chi connectivity index (χ2v) is 5.45. The molecule has 0 spiro atoms. The van der Waals surface area contributed by atoms with Crippen molar-refractivity contribution in [3.63, 3.8) is 0 Å². The maximum atomic E-state index is 5.79. The first-order chi connectivity index (χ1) is 7.97. The number of hydrogen-bond donors (Lipinski definition) is 1. The molecule has 3 nitrogen and oxygen atoms in total. The summed E-state index contributed by atoms with van der Waals surface area (Å²) >= 11 is 6.94. The third kappa shape index (κ3) is 3.57. The fraction of sp³-hybridized carbons (Fsp3) is 0.500. The van der Waals surface area contributed by atoms with Crippen molar-refractivity contribution in [2.24, 2.45) is 5.73 Å². The van der Waals surface area contributed by atoms with Crippen molar-refractivity contribution < 1.29 is 0 Å². The van der Waals surface area contributed by atoms with Gasteiger partial charge in [0.05, 0.1) is 11.3 Å². The van der Waals surface area contributed by atoms with Crippen molar-refractivity contribution >= 4 is 34.7 Å². The highest BCUT2D eigenvalue weighted by Gasteiger charge is 2.14. The third-order valence-electron chi connectivity index (χ3n) is 2.60. The van der Waals surface area contributed by atoms with E-state index in [1.54, 1.807) is 0 Å². The Morgan fingerprint density at radius 2 is 2.18 bits per heavy atom. The quantitative estimate of drug-likeness (QED) is 0.830. The number of thiocarbonyl (C=S) groups is 1. The molecule has 2 N–H and O–H groups in total. The molecule has 0 saturated heterocycles. The molecule has 0 bridgehead atoms. The molecule has 1 aromatic heterocycles. The van der Waals surface area contributed by atoms with E-state index in [-0.39, 0.29) is 0 Å². The van der Waals surface area contributed by atoms with Gasteiger partial charge in [0.1, 0.15) is 4.99 Å². The van der Waals surface area contributed by atoms with Gasteiger partial charge in [0.2, 0.25) is 0 Å². The molecule has 94 valence electrons. The fourth-order valence-corrected chi connectivity index (χ4v) is 2.47. The van der Waals surface area contributed by atoms with E-state index in [0.29, 0.717) is 4.99 Å². The van der Waals surface area contributed by atoms with Crippen molar-refractivity contribution in [2.75, 3.05) is 30.5 Å². The minimum atomic E-state index is 0.418. The van der Waals surface area contributed by atoms with Gasteiger partial charge in [-0.25, -0.2) is 0 Å². The average Bonchev–Trinajstić information content (AvgIpc) is 2.23. The molecule has 0 aromatic carbocycles. The molecular weight excluding hydrogens is 250 g/mol. The number of nitrogens with zero attached hydrogens (tertiary/aromatic N) is 2. The lowest BCUT2D eigenvalue weighted by Gasteiger charge is -2.23. The first kappa shape index (κ1) is 14.3. The van der Waals surface area contributed by atoms with Crippen LogP contribution in [0.4, 0.5) is 5.69 Å². The molecule has 0 radical (unpaired) electrons. The van der Waals surface area contributed by atoms with Crippen molar-refractivity contribution in [3.8, 4) is 0 Å². The number of anilines is 1. The van der Waals surface area contributed by atoms with E-state index in [2.05, 4.69) is 23.2 Å². The Balaban J connectivity index is 3.15. The molecule has 5 heteroatoms. The molecule has 0 saturated carbocycles. The van der Waals surface area contributed by atoms with Gasteiger partial charge in [0.25, 0.3) is 0 Å². The number of pyridine rings is 1. The Labute approximate surface area is 113 Å². The molecule has 1 rings (SSSR count). The van der Waals surface area contributed by atoms with Crippen LogP contribution in [-0.4, -0.2) is 35.6 Å². The van der Waals surface area contributed by atoms with Gasteiger partial charge in [-0.15, -0.1) is 0 Å². The molecule has 0 aliphatic rings. The Morgan fingerprint density at radius 1 is 1.53 bits per heavy atom. The minimum Gasteiger partial charge on any atom is -0.389 e. The third-order valence-corrected chi connectivity index (χ3v) is 3.39. The van der Waals surface area contributed by atoms with E-state index < -0.39 is 0 Å². The molecule has 0 amide bonds. The molecule has 0 unspecified atom stereocenters. The van der Waals surface area contributed by atoms with Crippen LogP contribution in [0, 0.1) is 13.8 Å². The van der Waals surface area contributed by atoms with Crippen LogP contribution in [0.25, 0.3) is 0 Å². The summed E-state index contributed by atoms with van der Waals surface area (Å²) in [7, 11) is 2.06. The number of thioether (sulfide) groups is 1. The number of rotatable bonds is 5. The topological polar surface area (TPSA) is 42.2 Å². The van der Waals surface area contributed by atoms with Crippen molar-refractivity contribution in [3.05, 3.63) is 23.0 Å². The van der Waals surface area contributed by atoms with Crippen LogP contribution in [0.2, 0.25) is 0 Å². The molecule has 0 fully saturated rings. The summed E-state index contributed by atoms with van der Waals surface area (Å²) in [6.45, 7) is 4.91. The summed E-state index contributed by atoms with van der Waals surface area (Å²) in [4.78, 5) is 7.02. The van der Waals surface area contributed by atoms with Gasteiger partial charge in [0, 0.05) is 30.7 Å². The van der Waals surface area contributed by atoms with Crippen LogP contribution >= 0.6 is 24.0 Å². The van der Waals surface area contributed by atoms with Gasteiger partial charge in [-0.3, -0.25) is 4.98 Å². The largest absolute Gasteiger partial charge is 0.389 e. The van der Waals surface area contributed by atoms with Gasteiger partial charge in [0.15, 0.2) is 0 Å². The Morgan fingerprint density at radius 3 is 2.71 bits per heavy atom. The lowest BCUT2D eigenvalue weighted by molar-refractivity contribution is 0.961. The zero-order valence-electron chi connectivity index (χ0n) is 10.8. The van der Waals surface area contributed by atoms with Gasteiger partial charge in [-0.05, 0) is 26.2 Å². The Bertz CT molecular complexity index is 418. The van der Waals surface area contributed by atoms with Crippen molar-refractivity contribution in [2.45, 2.75) is 13.8 Å². The minimum absolute atomic E-state index is 0.418. The summed E-state index contributed by atoms with van der Waals surface area (Å²) in [5.41, 5.74) is 9.67. The second-order valence-electron chi connectivity index (χ2n) is 4.02. The van der Waals surface area contributed by atoms with E-state index in [9.17, 15) is 0 Å². The van der Waals surface area contributed by atoms with E-state index in [0.717, 1.165) is 34.9 Å². The maximum Gasteiger partial charge on any atom is 0.107 e. The number of hydrogen-bond acceptors (Lipinski definition) is 4. The summed E-state index contributed by atoms with van der Waals surface area (Å²) in [6.07, 6.45) is 2.10. The normalized spacial score (nSPS) is 10.4. The summed E-state index contributed by atoms with van der Waals surface area (Å²) in [5, 5.41) is 0. The van der Waals surface area contributed by atoms with Crippen LogP contribution in [0.1, 0.15) is 17.0 Å². The number of aryl methyl sites for hydroxylation is 2. The SMILES string of the molecule is CSCCN(C)c1cc(C)nc(C)c1C(N)=S. The molecule has 1 heterocycles. The molecule has 0 aliphatic heterocycles. The lowest BCUT2D eigenvalue weighted by Crippen LogP contribution is -2.25. The predicted molar refractivity (Wildman–Crippen MR) is 81.3 cm³/mol. The summed E-state index contributed by atoms with van der Waals surface area (Å²) in [6, 6.07) is 2.04. The first-order valence-electron chi connectivity index (χ1n) is 5.45.